The summed E-state index contributed by atoms with van der Waals surface area (Å²) >= 11 is 2.82. The number of carbonyl (C=O) groups excluding carboxylic acids is 1. The van der Waals surface area contributed by atoms with Gasteiger partial charge in [-0.15, -0.1) is 11.8 Å². The van der Waals surface area contributed by atoms with E-state index in [1.54, 1.807) is 24.1 Å². The molecule has 3 aromatic rings. The highest BCUT2D eigenvalue weighted by atomic mass is 32.2. The normalized spacial score (nSPS) is 12.7. The van der Waals surface area contributed by atoms with Gasteiger partial charge in [-0.25, -0.2) is 4.79 Å². The number of ether oxygens (including phenoxy) is 1. The number of aliphatic carboxylic acids is 1. The van der Waals surface area contributed by atoms with Crippen molar-refractivity contribution in [2.75, 3.05) is 24.3 Å². The smallest absolute Gasteiger partial charge is 0.341 e. The molecule has 0 saturated heterocycles. The highest BCUT2D eigenvalue weighted by Gasteiger charge is 2.26. The van der Waals surface area contributed by atoms with Gasteiger partial charge in [0.1, 0.15) is 11.5 Å². The van der Waals surface area contributed by atoms with Crippen molar-refractivity contribution in [3.63, 3.8) is 0 Å². The number of hydrogen-bond donors (Lipinski definition) is 3. The summed E-state index contributed by atoms with van der Waals surface area (Å²) in [5, 5.41) is 32.9. The first-order chi connectivity index (χ1) is 15.8. The molecule has 0 fully saturated rings. The van der Waals surface area contributed by atoms with Crippen molar-refractivity contribution in [3.8, 4) is 11.5 Å². The summed E-state index contributed by atoms with van der Waals surface area (Å²) in [4.78, 5) is 25.6. The number of thioether (sulfide) groups is 1. The van der Waals surface area contributed by atoms with Crippen LogP contribution in [0.3, 0.4) is 0 Å². The quantitative estimate of drug-likeness (QED) is 0.376. The number of aliphatic hydroxyl groups is 1. The number of aliphatic hydroxyl groups excluding tert-OH is 1. The second kappa shape index (κ2) is 11.7. The lowest BCUT2D eigenvalue weighted by Crippen LogP contribution is -2.36. The van der Waals surface area contributed by atoms with Gasteiger partial charge in [0.15, 0.2) is 6.61 Å². The number of phenols is 1. The molecule has 1 aromatic heterocycles. The van der Waals surface area contributed by atoms with Crippen LogP contribution in [0.4, 0.5) is 5.69 Å². The zero-order chi connectivity index (χ0) is 23.8. The molecule has 3 N–H and O–H groups in total. The second-order valence-corrected chi connectivity index (χ2v) is 9.32. The number of aromatic hydroxyl groups is 1. The molecule has 3 rings (SSSR count). The van der Waals surface area contributed by atoms with Gasteiger partial charge < -0.3 is 25.0 Å². The van der Waals surface area contributed by atoms with Crippen molar-refractivity contribution in [2.45, 2.75) is 17.8 Å². The third-order valence-electron chi connectivity index (χ3n) is 4.96. The maximum absolute atomic E-state index is 13.4. The van der Waals surface area contributed by atoms with Crippen LogP contribution in [-0.4, -0.2) is 51.9 Å². The number of anilines is 1. The third-order valence-corrected chi connectivity index (χ3v) is 6.94. The molecule has 2 aromatic carbocycles. The van der Waals surface area contributed by atoms with Crippen molar-refractivity contribution >= 4 is 40.7 Å². The van der Waals surface area contributed by atoms with Crippen molar-refractivity contribution in [1.82, 2.24) is 0 Å². The van der Waals surface area contributed by atoms with Crippen LogP contribution in [-0.2, 0) is 16.0 Å². The zero-order valence-electron chi connectivity index (χ0n) is 18.0. The SMILES string of the molecule is CN(C(=O)C(Cc1ccc(OCC(=O)O)cc1O)SCC(O)c1ccsc1)c1ccccc1. The molecule has 0 aliphatic heterocycles. The van der Waals surface area contributed by atoms with Crippen LogP contribution in [0.25, 0.3) is 0 Å². The molecule has 0 aliphatic rings. The highest BCUT2D eigenvalue weighted by molar-refractivity contribution is 8.00. The molecule has 33 heavy (non-hydrogen) atoms. The molecule has 174 valence electrons. The maximum Gasteiger partial charge on any atom is 0.341 e. The summed E-state index contributed by atoms with van der Waals surface area (Å²) in [6, 6.07) is 15.6. The van der Waals surface area contributed by atoms with E-state index < -0.39 is 23.9 Å². The molecular weight excluding hydrogens is 462 g/mol. The van der Waals surface area contributed by atoms with Crippen LogP contribution in [0.1, 0.15) is 17.2 Å². The van der Waals surface area contributed by atoms with Crippen molar-refractivity contribution in [3.05, 3.63) is 76.5 Å². The molecule has 0 bridgehead atoms. The van der Waals surface area contributed by atoms with Crippen molar-refractivity contribution in [1.29, 1.82) is 0 Å². The number of benzene rings is 2. The average Bonchev–Trinajstić information content (AvgIpc) is 3.36. The van der Waals surface area contributed by atoms with E-state index in [9.17, 15) is 19.8 Å². The summed E-state index contributed by atoms with van der Waals surface area (Å²) in [6.07, 6.45) is -0.485. The highest BCUT2D eigenvalue weighted by Crippen LogP contribution is 2.31. The lowest BCUT2D eigenvalue weighted by Gasteiger charge is -2.25. The fourth-order valence-corrected chi connectivity index (χ4v) is 5.04. The Labute approximate surface area is 200 Å². The van der Waals surface area contributed by atoms with E-state index in [0.717, 1.165) is 11.3 Å². The van der Waals surface area contributed by atoms with E-state index in [4.69, 9.17) is 9.84 Å². The number of hydrogen-bond acceptors (Lipinski definition) is 7. The molecule has 9 heteroatoms. The molecular formula is C24H25NO6S2. The molecule has 0 aliphatic carbocycles. The van der Waals surface area contributed by atoms with Gasteiger partial charge in [0.25, 0.3) is 0 Å². The Hall–Kier alpha value is -3.01. The van der Waals surface area contributed by atoms with Gasteiger partial charge in [-0.3, -0.25) is 4.79 Å². The predicted molar refractivity (Wildman–Crippen MR) is 130 cm³/mol. The van der Waals surface area contributed by atoms with Crippen molar-refractivity contribution < 1.29 is 29.6 Å². The number of carbonyl (C=O) groups is 2. The number of nitrogens with zero attached hydrogens (tertiary/aromatic N) is 1. The number of para-hydroxylation sites is 1. The zero-order valence-corrected chi connectivity index (χ0v) is 19.6. The van der Waals surface area contributed by atoms with E-state index in [0.29, 0.717) is 11.3 Å². The lowest BCUT2D eigenvalue weighted by atomic mass is 10.1. The second-order valence-electron chi connectivity index (χ2n) is 7.30. The monoisotopic (exact) mass is 487 g/mol. The van der Waals surface area contributed by atoms with Crippen molar-refractivity contribution in [2.24, 2.45) is 0 Å². The lowest BCUT2D eigenvalue weighted by molar-refractivity contribution is -0.139. The van der Waals surface area contributed by atoms with Crippen LogP contribution in [0, 0.1) is 0 Å². The van der Waals surface area contributed by atoms with E-state index in [1.807, 2.05) is 47.2 Å². The summed E-state index contributed by atoms with van der Waals surface area (Å²) in [5.41, 5.74) is 2.07. The molecule has 7 nitrogen and oxygen atoms in total. The minimum Gasteiger partial charge on any atom is -0.508 e. The third kappa shape index (κ3) is 6.98. The van der Waals surface area contributed by atoms with Crippen LogP contribution >= 0.6 is 23.1 Å². The minimum absolute atomic E-state index is 0.0861. The molecule has 0 radical (unpaired) electrons. The Kier molecular flexibility index (Phi) is 8.76. The van der Waals surface area contributed by atoms with Gasteiger partial charge in [-0.05, 0) is 52.6 Å². The average molecular weight is 488 g/mol. The van der Waals surface area contributed by atoms with E-state index in [1.165, 1.54) is 29.2 Å². The van der Waals surface area contributed by atoms with Crippen LogP contribution < -0.4 is 9.64 Å². The number of carboxylic acid groups (broad SMARTS) is 1. The Balaban J connectivity index is 1.77. The number of carboxylic acids is 1. The predicted octanol–water partition coefficient (Wildman–Crippen LogP) is 3.96. The Morgan fingerprint density at radius 2 is 1.91 bits per heavy atom. The molecule has 1 heterocycles. The van der Waals surface area contributed by atoms with E-state index >= 15 is 0 Å². The fourth-order valence-electron chi connectivity index (χ4n) is 3.13. The Morgan fingerprint density at radius 3 is 2.55 bits per heavy atom. The molecule has 0 saturated carbocycles. The van der Waals surface area contributed by atoms with Gasteiger partial charge in [0.05, 0.1) is 11.4 Å². The maximum atomic E-state index is 13.4. The van der Waals surface area contributed by atoms with Gasteiger partial charge >= 0.3 is 5.97 Å². The fraction of sp³-hybridized carbons (Fsp3) is 0.250. The van der Waals surface area contributed by atoms with Gasteiger partial charge in [-0.2, -0.15) is 11.3 Å². The van der Waals surface area contributed by atoms with Crippen LogP contribution in [0.5, 0.6) is 11.5 Å². The Morgan fingerprint density at radius 1 is 1.15 bits per heavy atom. The molecule has 2 unspecified atom stereocenters. The van der Waals surface area contributed by atoms with Crippen LogP contribution in [0.15, 0.2) is 65.4 Å². The Bertz CT molecular complexity index is 1060. The summed E-state index contributed by atoms with van der Waals surface area (Å²) in [5.74, 6) is -0.820. The number of rotatable bonds is 11. The van der Waals surface area contributed by atoms with E-state index in [2.05, 4.69) is 0 Å². The first-order valence-electron chi connectivity index (χ1n) is 10.2. The first kappa shape index (κ1) is 24.6. The minimum atomic E-state index is -1.12. The number of thiophene rings is 1. The summed E-state index contributed by atoms with van der Waals surface area (Å²) in [6.45, 7) is -0.516. The largest absolute Gasteiger partial charge is 0.508 e. The molecule has 0 spiro atoms. The van der Waals surface area contributed by atoms with E-state index in [-0.39, 0.29) is 23.8 Å². The molecule has 1 amide bonds. The molecule has 2 atom stereocenters. The van der Waals surface area contributed by atoms with Gasteiger partial charge in [0, 0.05) is 24.6 Å². The standard InChI is InChI=1S/C24H25NO6S2/c1-25(18-5-3-2-4-6-18)24(30)22(33-15-21(27)17-9-10-32-14-17)11-16-7-8-19(12-20(16)26)31-13-23(28)29/h2-10,12,14,21-22,26-27H,11,13,15H2,1H3,(H,28,29). The first-order valence-corrected chi connectivity index (χ1v) is 12.1. The van der Waals surface area contributed by atoms with Gasteiger partial charge in [0.2, 0.25) is 5.91 Å². The number of amides is 1. The summed E-state index contributed by atoms with van der Waals surface area (Å²) < 4.78 is 5.10. The van der Waals surface area contributed by atoms with Gasteiger partial charge in [-0.1, -0.05) is 24.3 Å². The summed E-state index contributed by atoms with van der Waals surface area (Å²) in [7, 11) is 1.70. The van der Waals surface area contributed by atoms with Crippen LogP contribution in [0.2, 0.25) is 0 Å². The topological polar surface area (TPSA) is 107 Å². The number of phenolic OH excluding ortho intramolecular Hbond substituents is 1.